The Balaban J connectivity index is 2.44. The highest BCUT2D eigenvalue weighted by molar-refractivity contribution is 7.89. The number of nitrogens with two attached hydrogens (primary N) is 1. The van der Waals surface area contributed by atoms with Crippen LogP contribution < -0.4 is 10.5 Å². The number of hydrogen-bond acceptors (Lipinski definition) is 5. The molecule has 1 rings (SSSR count). The van der Waals surface area contributed by atoms with Gasteiger partial charge in [-0.15, -0.1) is 0 Å². The van der Waals surface area contributed by atoms with E-state index in [-0.39, 0.29) is 11.4 Å². The highest BCUT2D eigenvalue weighted by Crippen LogP contribution is 2.18. The van der Waals surface area contributed by atoms with Crippen molar-refractivity contribution in [2.24, 2.45) is 5.14 Å². The number of carbonyl (C=O) groups excluding carboxylic acids is 1. The number of nitrogens with zero attached hydrogens (tertiary/aromatic N) is 1. The van der Waals surface area contributed by atoms with Gasteiger partial charge in [0, 0.05) is 18.7 Å². The molecule has 8 nitrogen and oxygen atoms in total. The average molecular weight is 327 g/mol. The maximum atomic E-state index is 11.5. The Morgan fingerprint density at radius 2 is 2.00 bits per heavy atom. The molecule has 0 fully saturated rings. The van der Waals surface area contributed by atoms with E-state index in [0.717, 1.165) is 0 Å². The molecule has 0 bridgehead atoms. The summed E-state index contributed by atoms with van der Waals surface area (Å²) in [5.74, 6) is -0.539. The second-order valence-electron chi connectivity index (χ2n) is 4.51. The summed E-state index contributed by atoms with van der Waals surface area (Å²) in [5.41, 5.74) is 0.247. The first-order valence-electron chi connectivity index (χ1n) is 6.49. The van der Waals surface area contributed by atoms with Crippen LogP contribution in [0.25, 0.3) is 6.08 Å². The monoisotopic (exact) mass is 327 g/mol. The van der Waals surface area contributed by atoms with Gasteiger partial charge >= 0.3 is 0 Å². The fourth-order valence-electron chi connectivity index (χ4n) is 1.66. The van der Waals surface area contributed by atoms with Gasteiger partial charge in [0.05, 0.1) is 16.2 Å². The Hall–Kier alpha value is -2.26. The second kappa shape index (κ2) is 8.25. The van der Waals surface area contributed by atoms with Crippen LogP contribution in [-0.2, 0) is 14.8 Å². The third-order valence-corrected chi connectivity index (χ3v) is 3.56. The topological polar surface area (TPSA) is 132 Å². The predicted octanol–water partition coefficient (Wildman–Crippen LogP) is 0.793. The van der Waals surface area contributed by atoms with E-state index in [1.807, 2.05) is 0 Å². The number of amides is 1. The lowest BCUT2D eigenvalue weighted by molar-refractivity contribution is -0.385. The third kappa shape index (κ3) is 6.95. The summed E-state index contributed by atoms with van der Waals surface area (Å²) < 4.78 is 21.4. The zero-order valence-electron chi connectivity index (χ0n) is 11.8. The van der Waals surface area contributed by atoms with Crippen molar-refractivity contribution in [1.82, 2.24) is 5.32 Å². The SMILES string of the molecule is NS(=O)(=O)CCCCNC(=O)C=Cc1ccccc1[N+](=O)[O-]. The van der Waals surface area contributed by atoms with Crippen molar-refractivity contribution in [2.45, 2.75) is 12.8 Å². The fraction of sp³-hybridized carbons (Fsp3) is 0.308. The lowest BCUT2D eigenvalue weighted by Crippen LogP contribution is -2.23. The van der Waals surface area contributed by atoms with E-state index < -0.39 is 20.9 Å². The number of sulfonamides is 1. The smallest absolute Gasteiger partial charge is 0.276 e. The van der Waals surface area contributed by atoms with E-state index in [4.69, 9.17) is 5.14 Å². The van der Waals surface area contributed by atoms with Gasteiger partial charge in [0.25, 0.3) is 5.69 Å². The van der Waals surface area contributed by atoms with Crippen molar-refractivity contribution in [3.8, 4) is 0 Å². The van der Waals surface area contributed by atoms with Gasteiger partial charge in [-0.05, 0) is 25.0 Å². The molecule has 1 amide bonds. The first-order valence-corrected chi connectivity index (χ1v) is 8.21. The van der Waals surface area contributed by atoms with Crippen LogP contribution >= 0.6 is 0 Å². The molecule has 0 aliphatic rings. The van der Waals surface area contributed by atoms with Crippen molar-refractivity contribution in [2.75, 3.05) is 12.3 Å². The Morgan fingerprint density at radius 3 is 2.64 bits per heavy atom. The maximum Gasteiger partial charge on any atom is 0.276 e. The highest BCUT2D eigenvalue weighted by atomic mass is 32.2. The molecule has 9 heteroatoms. The summed E-state index contributed by atoms with van der Waals surface area (Å²) in [6, 6.07) is 6.07. The van der Waals surface area contributed by atoms with Crippen molar-refractivity contribution < 1.29 is 18.1 Å². The summed E-state index contributed by atoms with van der Waals surface area (Å²) in [6.45, 7) is 0.301. The molecule has 1 aromatic carbocycles. The number of nitro groups is 1. The highest BCUT2D eigenvalue weighted by Gasteiger charge is 2.09. The molecule has 3 N–H and O–H groups in total. The minimum absolute atomic E-state index is 0.0836. The average Bonchev–Trinajstić information content (AvgIpc) is 2.43. The summed E-state index contributed by atoms with van der Waals surface area (Å²) in [4.78, 5) is 21.8. The first kappa shape index (κ1) is 17.8. The van der Waals surface area contributed by atoms with Gasteiger partial charge in [-0.25, -0.2) is 13.6 Å². The molecule has 0 aromatic heterocycles. The standard InChI is InChI=1S/C13H17N3O5S/c14-22(20,21)10-4-3-9-15-13(17)8-7-11-5-1-2-6-12(11)16(18)19/h1-2,5-8H,3-4,9-10H2,(H,15,17)(H2,14,20,21). The van der Waals surface area contributed by atoms with E-state index in [9.17, 15) is 23.3 Å². The number of benzene rings is 1. The van der Waals surface area contributed by atoms with E-state index >= 15 is 0 Å². The molecule has 120 valence electrons. The van der Waals surface area contributed by atoms with Crippen molar-refractivity contribution in [1.29, 1.82) is 0 Å². The van der Waals surface area contributed by atoms with Crippen LogP contribution in [0.2, 0.25) is 0 Å². The van der Waals surface area contributed by atoms with Crippen LogP contribution in [0.1, 0.15) is 18.4 Å². The number of nitrogens with one attached hydrogen (secondary N) is 1. The number of unbranched alkanes of at least 4 members (excludes halogenated alkanes) is 1. The van der Waals surface area contributed by atoms with Gasteiger partial charge in [-0.3, -0.25) is 14.9 Å². The van der Waals surface area contributed by atoms with Crippen molar-refractivity contribution in [3.63, 3.8) is 0 Å². The molecular formula is C13H17N3O5S. The van der Waals surface area contributed by atoms with Crippen LogP contribution in [0, 0.1) is 10.1 Å². The van der Waals surface area contributed by atoms with Gasteiger partial charge in [0.15, 0.2) is 0 Å². The third-order valence-electron chi connectivity index (χ3n) is 2.70. The summed E-state index contributed by atoms with van der Waals surface area (Å²) in [5, 5.41) is 18.2. The number of carbonyl (C=O) groups is 1. The molecule has 0 aliphatic carbocycles. The van der Waals surface area contributed by atoms with Crippen LogP contribution in [0.15, 0.2) is 30.3 Å². The zero-order chi connectivity index (χ0) is 16.6. The number of nitro benzene ring substituents is 1. The second-order valence-corrected chi connectivity index (χ2v) is 6.25. The normalized spacial score (nSPS) is 11.5. The Labute approximate surface area is 128 Å². The molecule has 0 spiro atoms. The zero-order valence-corrected chi connectivity index (χ0v) is 12.6. The quantitative estimate of drug-likeness (QED) is 0.315. The predicted molar refractivity (Wildman–Crippen MR) is 82.3 cm³/mol. The molecule has 0 saturated heterocycles. The molecule has 0 radical (unpaired) electrons. The van der Waals surface area contributed by atoms with Crippen LogP contribution in [-0.4, -0.2) is 31.5 Å². The fourth-order valence-corrected chi connectivity index (χ4v) is 2.27. The molecule has 0 heterocycles. The van der Waals surface area contributed by atoms with Gasteiger partial charge in [-0.2, -0.15) is 0 Å². The molecule has 1 aromatic rings. The number of para-hydroxylation sites is 1. The largest absolute Gasteiger partial charge is 0.353 e. The Morgan fingerprint density at radius 1 is 1.32 bits per heavy atom. The molecule has 0 aliphatic heterocycles. The molecule has 0 atom stereocenters. The Bertz CT molecular complexity index is 670. The van der Waals surface area contributed by atoms with Crippen LogP contribution in [0.3, 0.4) is 0 Å². The van der Waals surface area contributed by atoms with Crippen molar-refractivity contribution in [3.05, 3.63) is 46.0 Å². The lowest BCUT2D eigenvalue weighted by Gasteiger charge is -2.02. The van der Waals surface area contributed by atoms with Crippen LogP contribution in [0.5, 0.6) is 0 Å². The van der Waals surface area contributed by atoms with E-state index in [2.05, 4.69) is 5.32 Å². The minimum Gasteiger partial charge on any atom is -0.353 e. The van der Waals surface area contributed by atoms with E-state index in [1.54, 1.807) is 12.1 Å². The molecule has 22 heavy (non-hydrogen) atoms. The van der Waals surface area contributed by atoms with Gasteiger partial charge in [0.2, 0.25) is 15.9 Å². The number of primary sulfonamides is 1. The minimum atomic E-state index is -3.47. The first-order chi connectivity index (χ1) is 10.3. The molecule has 0 saturated carbocycles. The number of rotatable bonds is 8. The van der Waals surface area contributed by atoms with E-state index in [0.29, 0.717) is 24.9 Å². The summed E-state index contributed by atoms with van der Waals surface area (Å²) in [7, 11) is -3.47. The summed E-state index contributed by atoms with van der Waals surface area (Å²) in [6.07, 6.45) is 3.38. The van der Waals surface area contributed by atoms with Gasteiger partial charge in [-0.1, -0.05) is 12.1 Å². The molecule has 0 unspecified atom stereocenters. The lowest BCUT2D eigenvalue weighted by atomic mass is 10.1. The van der Waals surface area contributed by atoms with Gasteiger partial charge in [0.1, 0.15) is 0 Å². The van der Waals surface area contributed by atoms with Gasteiger partial charge < -0.3 is 5.32 Å². The maximum absolute atomic E-state index is 11.5. The Kier molecular flexibility index (Phi) is 6.67. The molecular weight excluding hydrogens is 310 g/mol. The van der Waals surface area contributed by atoms with Crippen molar-refractivity contribution >= 4 is 27.7 Å². The number of hydrogen-bond donors (Lipinski definition) is 2. The van der Waals surface area contributed by atoms with Crippen LogP contribution in [0.4, 0.5) is 5.69 Å². The van der Waals surface area contributed by atoms with E-state index in [1.165, 1.54) is 24.3 Å². The summed E-state index contributed by atoms with van der Waals surface area (Å²) >= 11 is 0.